The van der Waals surface area contributed by atoms with Gasteiger partial charge in [0.25, 0.3) is 0 Å². The molecule has 0 amide bonds. The molecule has 0 spiro atoms. The van der Waals surface area contributed by atoms with Gasteiger partial charge >= 0.3 is 5.97 Å². The summed E-state index contributed by atoms with van der Waals surface area (Å²) >= 11 is 1.45. The van der Waals surface area contributed by atoms with Crippen molar-refractivity contribution in [2.75, 3.05) is 14.2 Å². The molecule has 0 saturated heterocycles. The van der Waals surface area contributed by atoms with Crippen LogP contribution in [0.5, 0.6) is 5.75 Å². The lowest BCUT2D eigenvalue weighted by atomic mass is 10.2. The van der Waals surface area contributed by atoms with Crippen LogP contribution in [0, 0.1) is 0 Å². The van der Waals surface area contributed by atoms with E-state index in [0.29, 0.717) is 23.3 Å². The highest BCUT2D eigenvalue weighted by Gasteiger charge is 2.19. The molecule has 4 rings (SSSR count). The topological polar surface area (TPSA) is 92.5 Å². The fourth-order valence-electron chi connectivity index (χ4n) is 2.91. The van der Waals surface area contributed by atoms with Crippen molar-refractivity contribution in [2.45, 2.75) is 17.5 Å². The van der Waals surface area contributed by atoms with E-state index in [-0.39, 0.29) is 5.76 Å². The van der Waals surface area contributed by atoms with Gasteiger partial charge in [-0.05, 0) is 42.5 Å². The molecule has 0 fully saturated rings. The van der Waals surface area contributed by atoms with Crippen LogP contribution in [0.15, 0.2) is 69.0 Å². The highest BCUT2D eigenvalue weighted by molar-refractivity contribution is 7.98. The summed E-state index contributed by atoms with van der Waals surface area (Å²) in [6.07, 6.45) is 3.10. The third kappa shape index (κ3) is 4.11. The Morgan fingerprint density at radius 2 is 1.90 bits per heavy atom. The first kappa shape index (κ1) is 19.8. The van der Waals surface area contributed by atoms with Gasteiger partial charge in [0.15, 0.2) is 11.0 Å². The Morgan fingerprint density at radius 3 is 2.60 bits per heavy atom. The van der Waals surface area contributed by atoms with Gasteiger partial charge in [-0.15, -0.1) is 10.2 Å². The first-order valence-electron chi connectivity index (χ1n) is 9.07. The lowest BCUT2D eigenvalue weighted by molar-refractivity contribution is 0.0564. The second-order valence-electron chi connectivity index (χ2n) is 6.26. The quantitative estimate of drug-likeness (QED) is 0.305. The maximum Gasteiger partial charge on any atom is 0.374 e. The van der Waals surface area contributed by atoms with Crippen molar-refractivity contribution in [3.63, 3.8) is 0 Å². The number of hydrogen-bond acceptors (Lipinski definition) is 8. The third-order valence-electron chi connectivity index (χ3n) is 4.43. The van der Waals surface area contributed by atoms with Crippen LogP contribution in [0.2, 0.25) is 0 Å². The van der Waals surface area contributed by atoms with Crippen LogP contribution in [0.25, 0.3) is 11.4 Å². The molecule has 3 aromatic heterocycles. The van der Waals surface area contributed by atoms with Crippen molar-refractivity contribution < 1.29 is 23.1 Å². The van der Waals surface area contributed by atoms with Gasteiger partial charge in [-0.2, -0.15) is 0 Å². The highest BCUT2D eigenvalue weighted by Crippen LogP contribution is 2.29. The maximum absolute atomic E-state index is 11.8. The van der Waals surface area contributed by atoms with Gasteiger partial charge in [-0.1, -0.05) is 11.8 Å². The molecule has 4 aromatic rings. The standard InChI is InChI=1S/C21H19N3O5S/c1-26-16-7-5-14(6-8-16)19-22-23-21(24(19)12-17-4-3-10-28-17)30-13-15-9-11-29-18(15)20(25)27-2/h3-11H,12-13H2,1-2H3. The molecule has 0 N–H and O–H groups in total. The third-order valence-corrected chi connectivity index (χ3v) is 5.45. The van der Waals surface area contributed by atoms with Crippen LogP contribution in [0.4, 0.5) is 0 Å². The molecule has 0 saturated carbocycles. The highest BCUT2D eigenvalue weighted by atomic mass is 32.2. The molecule has 1 aromatic carbocycles. The largest absolute Gasteiger partial charge is 0.497 e. The summed E-state index contributed by atoms with van der Waals surface area (Å²) in [5.74, 6) is 2.41. The number of benzene rings is 1. The van der Waals surface area contributed by atoms with Gasteiger partial charge in [0.05, 0.1) is 33.3 Å². The molecule has 3 heterocycles. The summed E-state index contributed by atoms with van der Waals surface area (Å²) < 4.78 is 22.8. The van der Waals surface area contributed by atoms with Crippen LogP contribution in [0.3, 0.4) is 0 Å². The fraction of sp³-hybridized carbons (Fsp3) is 0.190. The van der Waals surface area contributed by atoms with E-state index >= 15 is 0 Å². The van der Waals surface area contributed by atoms with Crippen molar-refractivity contribution in [1.29, 1.82) is 0 Å². The van der Waals surface area contributed by atoms with E-state index in [1.807, 2.05) is 41.0 Å². The van der Waals surface area contributed by atoms with E-state index in [1.165, 1.54) is 25.1 Å². The summed E-state index contributed by atoms with van der Waals surface area (Å²) in [5, 5.41) is 9.45. The van der Waals surface area contributed by atoms with Gasteiger partial charge < -0.3 is 18.3 Å². The normalized spacial score (nSPS) is 10.9. The molecule has 0 aliphatic carbocycles. The zero-order valence-corrected chi connectivity index (χ0v) is 17.2. The number of methoxy groups -OCH3 is 2. The molecule has 8 nitrogen and oxygen atoms in total. The minimum absolute atomic E-state index is 0.192. The van der Waals surface area contributed by atoms with E-state index < -0.39 is 5.97 Å². The second-order valence-corrected chi connectivity index (χ2v) is 7.20. The smallest absolute Gasteiger partial charge is 0.374 e. The number of thioether (sulfide) groups is 1. The number of ether oxygens (including phenoxy) is 2. The summed E-state index contributed by atoms with van der Waals surface area (Å²) in [6, 6.07) is 13.1. The molecular formula is C21H19N3O5S. The SMILES string of the molecule is COC(=O)c1occc1CSc1nnc(-c2ccc(OC)cc2)n1Cc1ccco1. The number of hydrogen-bond donors (Lipinski definition) is 0. The van der Waals surface area contributed by atoms with Gasteiger partial charge in [-0.25, -0.2) is 4.79 Å². The number of rotatable bonds is 8. The number of furan rings is 2. The molecule has 9 heteroatoms. The first-order valence-corrected chi connectivity index (χ1v) is 10.1. The summed E-state index contributed by atoms with van der Waals surface area (Å²) in [4.78, 5) is 11.8. The van der Waals surface area contributed by atoms with Crippen molar-refractivity contribution in [3.05, 3.63) is 72.1 Å². The lowest BCUT2D eigenvalue weighted by Crippen LogP contribution is -2.05. The van der Waals surface area contributed by atoms with E-state index in [4.69, 9.17) is 18.3 Å². The van der Waals surface area contributed by atoms with E-state index in [9.17, 15) is 4.79 Å². The Kier molecular flexibility index (Phi) is 5.89. The molecule has 0 radical (unpaired) electrons. The van der Waals surface area contributed by atoms with Crippen LogP contribution >= 0.6 is 11.8 Å². The molecule has 0 atom stereocenters. The molecule has 154 valence electrons. The molecular weight excluding hydrogens is 406 g/mol. The van der Waals surface area contributed by atoms with Crippen LogP contribution < -0.4 is 4.74 Å². The van der Waals surface area contributed by atoms with Gasteiger partial charge in [0.1, 0.15) is 11.5 Å². The average molecular weight is 425 g/mol. The van der Waals surface area contributed by atoms with Gasteiger partial charge in [-0.3, -0.25) is 4.57 Å². The van der Waals surface area contributed by atoms with Gasteiger partial charge in [0, 0.05) is 16.9 Å². The number of carbonyl (C=O) groups excluding carboxylic acids is 1. The maximum atomic E-state index is 11.8. The molecule has 30 heavy (non-hydrogen) atoms. The lowest BCUT2D eigenvalue weighted by Gasteiger charge is -2.09. The van der Waals surface area contributed by atoms with Crippen LogP contribution in [-0.2, 0) is 17.0 Å². The number of esters is 1. The Labute approximate surface area is 176 Å². The Bertz CT molecular complexity index is 1120. The van der Waals surface area contributed by atoms with E-state index in [1.54, 1.807) is 19.4 Å². The fourth-order valence-corrected chi connectivity index (χ4v) is 3.83. The molecule has 0 aliphatic heterocycles. The average Bonchev–Trinajstić information content (AvgIpc) is 3.54. The number of aromatic nitrogens is 3. The predicted octanol–water partition coefficient (Wildman–Crippen LogP) is 4.27. The number of nitrogens with zero attached hydrogens (tertiary/aromatic N) is 3. The van der Waals surface area contributed by atoms with Gasteiger partial charge in [0.2, 0.25) is 5.76 Å². The Balaban J connectivity index is 1.63. The summed E-state index contributed by atoms with van der Waals surface area (Å²) in [6.45, 7) is 0.471. The minimum atomic E-state index is -0.508. The summed E-state index contributed by atoms with van der Waals surface area (Å²) in [7, 11) is 2.95. The van der Waals surface area contributed by atoms with Crippen molar-refractivity contribution in [3.8, 4) is 17.1 Å². The monoisotopic (exact) mass is 425 g/mol. The first-order chi connectivity index (χ1) is 14.7. The molecule has 0 bridgehead atoms. The van der Waals surface area contributed by atoms with Crippen molar-refractivity contribution >= 4 is 17.7 Å². The molecule has 0 unspecified atom stereocenters. The van der Waals surface area contributed by atoms with E-state index in [2.05, 4.69) is 10.2 Å². The predicted molar refractivity (Wildman–Crippen MR) is 109 cm³/mol. The minimum Gasteiger partial charge on any atom is -0.497 e. The zero-order chi connectivity index (χ0) is 20.9. The second kappa shape index (κ2) is 8.91. The van der Waals surface area contributed by atoms with Crippen molar-refractivity contribution in [1.82, 2.24) is 14.8 Å². The Morgan fingerprint density at radius 1 is 1.07 bits per heavy atom. The zero-order valence-electron chi connectivity index (χ0n) is 16.4. The van der Waals surface area contributed by atoms with E-state index in [0.717, 1.165) is 22.6 Å². The molecule has 0 aliphatic rings. The van der Waals surface area contributed by atoms with Crippen LogP contribution in [0.1, 0.15) is 21.9 Å². The van der Waals surface area contributed by atoms with Crippen LogP contribution in [-0.4, -0.2) is 35.0 Å². The number of carbonyl (C=O) groups is 1. The Hall–Kier alpha value is -3.46. The van der Waals surface area contributed by atoms with Crippen molar-refractivity contribution in [2.24, 2.45) is 0 Å². The summed E-state index contributed by atoms with van der Waals surface area (Å²) in [5.41, 5.74) is 1.63.